The Bertz CT molecular complexity index is 454. The van der Waals surface area contributed by atoms with Crippen molar-refractivity contribution >= 4 is 9.84 Å². The highest BCUT2D eigenvalue weighted by atomic mass is 32.2. The molecule has 5 nitrogen and oxygen atoms in total. The third kappa shape index (κ3) is 2.70. The van der Waals surface area contributed by atoms with Gasteiger partial charge in [0.05, 0.1) is 30.0 Å². The number of hydrogen-bond acceptors (Lipinski definition) is 5. The number of rotatable bonds is 3. The van der Waals surface area contributed by atoms with Crippen LogP contribution in [0.2, 0.25) is 0 Å². The molecule has 1 saturated heterocycles. The van der Waals surface area contributed by atoms with Crippen LogP contribution < -0.4 is 4.74 Å². The first kappa shape index (κ1) is 11.3. The Labute approximate surface area is 94.0 Å². The van der Waals surface area contributed by atoms with Gasteiger partial charge in [0.25, 0.3) is 0 Å². The molecule has 6 heteroatoms. The molecule has 0 amide bonds. The number of aromatic nitrogens is 1. The van der Waals surface area contributed by atoms with Gasteiger partial charge < -0.3 is 9.84 Å². The van der Waals surface area contributed by atoms with E-state index in [9.17, 15) is 8.42 Å². The van der Waals surface area contributed by atoms with Crippen molar-refractivity contribution in [2.24, 2.45) is 0 Å². The molecule has 1 aromatic rings. The molecule has 0 radical (unpaired) electrons. The lowest BCUT2D eigenvalue weighted by Gasteiger charge is -2.11. The lowest BCUT2D eigenvalue weighted by Crippen LogP contribution is -2.17. The van der Waals surface area contributed by atoms with Gasteiger partial charge >= 0.3 is 0 Å². The standard InChI is InChI=1S/C10H13NO4S/c12-6-8-1-2-9(5-11-8)15-10-3-4-16(13,14)7-10/h1-2,5,10,12H,3-4,6-7H2. The Kier molecular flexibility index (Phi) is 3.11. The maximum Gasteiger partial charge on any atom is 0.154 e. The van der Waals surface area contributed by atoms with Crippen LogP contribution >= 0.6 is 0 Å². The van der Waals surface area contributed by atoms with Crippen molar-refractivity contribution in [2.75, 3.05) is 11.5 Å². The average Bonchev–Trinajstić information content (AvgIpc) is 2.59. The topological polar surface area (TPSA) is 76.5 Å². The molecule has 1 fully saturated rings. The summed E-state index contributed by atoms with van der Waals surface area (Å²) in [6.07, 6.45) is 1.76. The summed E-state index contributed by atoms with van der Waals surface area (Å²) in [5.74, 6) is 0.813. The SMILES string of the molecule is O=S1(=O)CCC(Oc2ccc(CO)nc2)C1. The fourth-order valence-corrected chi connectivity index (χ4v) is 3.21. The van der Waals surface area contributed by atoms with E-state index in [1.807, 2.05) is 0 Å². The molecule has 0 saturated carbocycles. The minimum atomic E-state index is -2.91. The second-order valence-electron chi connectivity index (χ2n) is 3.79. The molecule has 2 rings (SSSR count). The van der Waals surface area contributed by atoms with Gasteiger partial charge in [-0.1, -0.05) is 0 Å². The van der Waals surface area contributed by atoms with Crippen LogP contribution in [0.4, 0.5) is 0 Å². The lowest BCUT2D eigenvalue weighted by molar-refractivity contribution is 0.227. The summed E-state index contributed by atoms with van der Waals surface area (Å²) in [5, 5.41) is 8.80. The Balaban J connectivity index is 1.99. The van der Waals surface area contributed by atoms with E-state index >= 15 is 0 Å². The average molecular weight is 243 g/mol. The second kappa shape index (κ2) is 4.39. The van der Waals surface area contributed by atoms with Crippen LogP contribution in [0.3, 0.4) is 0 Å². The zero-order chi connectivity index (χ0) is 11.6. The number of aliphatic hydroxyl groups is 1. The molecule has 0 bridgehead atoms. The largest absolute Gasteiger partial charge is 0.488 e. The smallest absolute Gasteiger partial charge is 0.154 e. The molecule has 88 valence electrons. The van der Waals surface area contributed by atoms with E-state index in [4.69, 9.17) is 9.84 Å². The number of sulfone groups is 1. The van der Waals surface area contributed by atoms with Crippen molar-refractivity contribution in [2.45, 2.75) is 19.1 Å². The molecule has 16 heavy (non-hydrogen) atoms. The van der Waals surface area contributed by atoms with Crippen LogP contribution in [0.25, 0.3) is 0 Å². The predicted octanol–water partition coefficient (Wildman–Crippen LogP) is 0.140. The molecule has 0 aliphatic carbocycles. The summed E-state index contributed by atoms with van der Waals surface area (Å²) in [4.78, 5) is 3.95. The summed E-state index contributed by atoms with van der Waals surface area (Å²) in [7, 11) is -2.91. The summed E-state index contributed by atoms with van der Waals surface area (Å²) in [6, 6.07) is 3.34. The van der Waals surface area contributed by atoms with Crippen molar-refractivity contribution in [3.63, 3.8) is 0 Å². The van der Waals surface area contributed by atoms with Gasteiger partial charge in [0.1, 0.15) is 11.9 Å². The summed E-state index contributed by atoms with van der Waals surface area (Å²) in [6.45, 7) is -0.113. The molecule has 0 aromatic carbocycles. The first-order chi connectivity index (χ1) is 7.59. The fraction of sp³-hybridized carbons (Fsp3) is 0.500. The summed E-state index contributed by atoms with van der Waals surface area (Å²) >= 11 is 0. The summed E-state index contributed by atoms with van der Waals surface area (Å²) in [5.41, 5.74) is 0.561. The number of hydrogen-bond donors (Lipinski definition) is 1. The highest BCUT2D eigenvalue weighted by Gasteiger charge is 2.29. The van der Waals surface area contributed by atoms with E-state index in [1.165, 1.54) is 6.20 Å². The quantitative estimate of drug-likeness (QED) is 0.817. The van der Waals surface area contributed by atoms with E-state index in [-0.39, 0.29) is 24.2 Å². The second-order valence-corrected chi connectivity index (χ2v) is 6.01. The van der Waals surface area contributed by atoms with Gasteiger partial charge in [-0.25, -0.2) is 8.42 Å². The number of aliphatic hydroxyl groups excluding tert-OH is 1. The molecule has 1 unspecified atom stereocenters. The van der Waals surface area contributed by atoms with Crippen LogP contribution in [0.5, 0.6) is 5.75 Å². The van der Waals surface area contributed by atoms with Crippen molar-refractivity contribution in [3.8, 4) is 5.75 Å². The van der Waals surface area contributed by atoms with Crippen LogP contribution in [0.1, 0.15) is 12.1 Å². The molecule has 1 atom stereocenters. The Morgan fingerprint density at radius 3 is 2.81 bits per heavy atom. The minimum Gasteiger partial charge on any atom is -0.488 e. The van der Waals surface area contributed by atoms with Gasteiger partial charge in [-0.15, -0.1) is 0 Å². The number of nitrogens with zero attached hydrogens (tertiary/aromatic N) is 1. The number of ether oxygens (including phenoxy) is 1. The Morgan fingerprint density at radius 1 is 1.50 bits per heavy atom. The van der Waals surface area contributed by atoms with E-state index in [0.717, 1.165) is 0 Å². The molecule has 0 spiro atoms. The van der Waals surface area contributed by atoms with Crippen LogP contribution in [0.15, 0.2) is 18.3 Å². The van der Waals surface area contributed by atoms with Crippen LogP contribution in [0, 0.1) is 0 Å². The zero-order valence-electron chi connectivity index (χ0n) is 8.67. The van der Waals surface area contributed by atoms with Gasteiger partial charge in [-0.2, -0.15) is 0 Å². The predicted molar refractivity (Wildman–Crippen MR) is 57.8 cm³/mol. The lowest BCUT2D eigenvalue weighted by atomic mass is 10.3. The molecular formula is C10H13NO4S. The van der Waals surface area contributed by atoms with Crippen molar-refractivity contribution in [3.05, 3.63) is 24.0 Å². The minimum absolute atomic E-state index is 0.0781. The van der Waals surface area contributed by atoms with E-state index in [2.05, 4.69) is 4.98 Å². The molecule has 2 heterocycles. The monoisotopic (exact) mass is 243 g/mol. The molecule has 1 aromatic heterocycles. The van der Waals surface area contributed by atoms with E-state index in [0.29, 0.717) is 17.9 Å². The Morgan fingerprint density at radius 2 is 2.31 bits per heavy atom. The molecule has 1 aliphatic rings. The molecular weight excluding hydrogens is 230 g/mol. The highest BCUT2D eigenvalue weighted by Crippen LogP contribution is 2.19. The van der Waals surface area contributed by atoms with Crippen molar-refractivity contribution in [1.82, 2.24) is 4.98 Å². The first-order valence-corrected chi connectivity index (χ1v) is 6.84. The van der Waals surface area contributed by atoms with Crippen LogP contribution in [-0.4, -0.2) is 36.1 Å². The molecule has 1 aliphatic heterocycles. The van der Waals surface area contributed by atoms with E-state index < -0.39 is 9.84 Å². The normalized spacial score (nSPS) is 23.2. The van der Waals surface area contributed by atoms with Gasteiger partial charge in [0, 0.05) is 0 Å². The summed E-state index contributed by atoms with van der Waals surface area (Å²) < 4.78 is 27.9. The third-order valence-corrected chi connectivity index (χ3v) is 4.19. The van der Waals surface area contributed by atoms with Gasteiger partial charge in [0.15, 0.2) is 9.84 Å². The third-order valence-electron chi connectivity index (χ3n) is 2.45. The first-order valence-electron chi connectivity index (χ1n) is 5.02. The fourth-order valence-electron chi connectivity index (χ4n) is 1.62. The Hall–Kier alpha value is -1.14. The maximum atomic E-state index is 11.2. The van der Waals surface area contributed by atoms with Gasteiger partial charge in [0.2, 0.25) is 0 Å². The van der Waals surface area contributed by atoms with Gasteiger partial charge in [-0.3, -0.25) is 4.98 Å². The zero-order valence-corrected chi connectivity index (χ0v) is 9.48. The van der Waals surface area contributed by atoms with Crippen LogP contribution in [-0.2, 0) is 16.4 Å². The molecule has 1 N–H and O–H groups in total. The highest BCUT2D eigenvalue weighted by molar-refractivity contribution is 7.91. The van der Waals surface area contributed by atoms with Crippen molar-refractivity contribution < 1.29 is 18.3 Å². The number of pyridine rings is 1. The van der Waals surface area contributed by atoms with Crippen molar-refractivity contribution in [1.29, 1.82) is 0 Å². The van der Waals surface area contributed by atoms with E-state index in [1.54, 1.807) is 12.1 Å². The van der Waals surface area contributed by atoms with Gasteiger partial charge in [-0.05, 0) is 18.6 Å². The maximum absolute atomic E-state index is 11.2.